The fourth-order valence-electron chi connectivity index (χ4n) is 2.81. The van der Waals surface area contributed by atoms with E-state index in [9.17, 15) is 4.79 Å². The molecule has 3 rings (SSSR count). The Hall–Kier alpha value is -2.17. The number of hydrogen-bond donors (Lipinski definition) is 0. The van der Waals surface area contributed by atoms with E-state index in [2.05, 4.69) is 10.1 Å². The SMILES string of the molecule is COc1ccccc1-c1noc(CC(=O)C2CCCC2)n1. The van der Waals surface area contributed by atoms with Gasteiger partial charge in [0.05, 0.1) is 19.1 Å². The van der Waals surface area contributed by atoms with Gasteiger partial charge in [-0.1, -0.05) is 30.1 Å². The van der Waals surface area contributed by atoms with Crippen LogP contribution < -0.4 is 4.74 Å². The van der Waals surface area contributed by atoms with E-state index in [1.807, 2.05) is 24.3 Å². The minimum atomic E-state index is 0.173. The molecule has 0 radical (unpaired) electrons. The Morgan fingerprint density at radius 2 is 2.10 bits per heavy atom. The van der Waals surface area contributed by atoms with Gasteiger partial charge in [0, 0.05) is 5.92 Å². The first-order chi connectivity index (χ1) is 10.3. The maximum atomic E-state index is 12.1. The van der Waals surface area contributed by atoms with E-state index in [4.69, 9.17) is 9.26 Å². The molecule has 21 heavy (non-hydrogen) atoms. The molecule has 1 aliphatic rings. The van der Waals surface area contributed by atoms with E-state index in [1.54, 1.807) is 7.11 Å². The van der Waals surface area contributed by atoms with Gasteiger partial charge in [0.2, 0.25) is 11.7 Å². The van der Waals surface area contributed by atoms with Crippen LogP contribution in [0.1, 0.15) is 31.6 Å². The molecule has 0 aliphatic heterocycles. The van der Waals surface area contributed by atoms with Gasteiger partial charge in [-0.3, -0.25) is 4.79 Å². The lowest BCUT2D eigenvalue weighted by Crippen LogP contribution is -2.13. The average Bonchev–Trinajstić information content (AvgIpc) is 3.18. The highest BCUT2D eigenvalue weighted by Gasteiger charge is 2.24. The number of aromatic nitrogens is 2. The molecule has 1 aromatic carbocycles. The Bertz CT molecular complexity index is 630. The third-order valence-electron chi connectivity index (χ3n) is 3.95. The lowest BCUT2D eigenvalue weighted by atomic mass is 10.0. The molecule has 110 valence electrons. The van der Waals surface area contributed by atoms with E-state index in [-0.39, 0.29) is 18.1 Å². The average molecular weight is 286 g/mol. The van der Waals surface area contributed by atoms with Crippen LogP contribution in [0.3, 0.4) is 0 Å². The summed E-state index contributed by atoms with van der Waals surface area (Å²) < 4.78 is 10.5. The molecule has 0 unspecified atom stereocenters. The van der Waals surface area contributed by atoms with Gasteiger partial charge in [0.25, 0.3) is 0 Å². The molecule has 0 bridgehead atoms. The molecular formula is C16H18N2O3. The van der Waals surface area contributed by atoms with Crippen LogP contribution in [-0.4, -0.2) is 23.0 Å². The maximum Gasteiger partial charge on any atom is 0.234 e. The lowest BCUT2D eigenvalue weighted by molar-refractivity contribution is -0.122. The summed E-state index contributed by atoms with van der Waals surface area (Å²) in [5.74, 6) is 1.91. The Kier molecular flexibility index (Phi) is 3.99. The first kappa shape index (κ1) is 13.8. The van der Waals surface area contributed by atoms with Gasteiger partial charge in [-0.15, -0.1) is 0 Å². The molecule has 1 aromatic heterocycles. The van der Waals surface area contributed by atoms with Crippen molar-refractivity contribution >= 4 is 5.78 Å². The molecule has 0 N–H and O–H groups in total. The number of carbonyl (C=O) groups excluding carboxylic acids is 1. The van der Waals surface area contributed by atoms with Crippen molar-refractivity contribution in [1.29, 1.82) is 0 Å². The van der Waals surface area contributed by atoms with Crippen molar-refractivity contribution in [2.75, 3.05) is 7.11 Å². The first-order valence-corrected chi connectivity index (χ1v) is 7.26. The van der Waals surface area contributed by atoms with Gasteiger partial charge < -0.3 is 9.26 Å². The summed E-state index contributed by atoms with van der Waals surface area (Å²) in [6.45, 7) is 0. The summed E-state index contributed by atoms with van der Waals surface area (Å²) in [4.78, 5) is 16.5. The smallest absolute Gasteiger partial charge is 0.234 e. The zero-order valence-electron chi connectivity index (χ0n) is 12.0. The molecule has 0 atom stereocenters. The molecular weight excluding hydrogens is 268 g/mol. The number of rotatable bonds is 5. The maximum absolute atomic E-state index is 12.1. The fourth-order valence-corrected chi connectivity index (χ4v) is 2.81. The van der Waals surface area contributed by atoms with Crippen molar-refractivity contribution < 1.29 is 14.1 Å². The van der Waals surface area contributed by atoms with Crippen LogP contribution in [0.2, 0.25) is 0 Å². The number of Topliss-reactive ketones (excluding diaryl/α,β-unsaturated/α-hetero) is 1. The van der Waals surface area contributed by atoms with E-state index in [1.165, 1.54) is 0 Å². The van der Waals surface area contributed by atoms with Crippen LogP contribution in [0.4, 0.5) is 0 Å². The predicted molar refractivity (Wildman–Crippen MR) is 77.0 cm³/mol. The van der Waals surface area contributed by atoms with Gasteiger partial charge in [-0.25, -0.2) is 0 Å². The molecule has 5 heteroatoms. The second kappa shape index (κ2) is 6.08. The third kappa shape index (κ3) is 2.96. The highest BCUT2D eigenvalue weighted by atomic mass is 16.5. The van der Waals surface area contributed by atoms with Crippen molar-refractivity contribution in [3.63, 3.8) is 0 Å². The van der Waals surface area contributed by atoms with Crippen molar-refractivity contribution in [3.05, 3.63) is 30.2 Å². The monoisotopic (exact) mass is 286 g/mol. The van der Waals surface area contributed by atoms with Gasteiger partial charge in [0.15, 0.2) is 0 Å². The Labute approximate surface area is 123 Å². The summed E-state index contributed by atoms with van der Waals surface area (Å²) in [6, 6.07) is 7.48. The number of nitrogens with zero attached hydrogens (tertiary/aromatic N) is 2. The molecule has 0 spiro atoms. The minimum absolute atomic E-state index is 0.173. The molecule has 0 saturated heterocycles. The van der Waals surface area contributed by atoms with Crippen LogP contribution >= 0.6 is 0 Å². The molecule has 5 nitrogen and oxygen atoms in total. The van der Waals surface area contributed by atoms with Gasteiger partial charge in [-0.05, 0) is 25.0 Å². The second-order valence-corrected chi connectivity index (χ2v) is 5.34. The number of benzene rings is 1. The number of hydrogen-bond acceptors (Lipinski definition) is 5. The van der Waals surface area contributed by atoms with Gasteiger partial charge >= 0.3 is 0 Å². The topological polar surface area (TPSA) is 65.2 Å². The molecule has 1 heterocycles. The normalized spacial score (nSPS) is 15.3. The van der Waals surface area contributed by atoms with Crippen LogP contribution in [-0.2, 0) is 11.2 Å². The number of methoxy groups -OCH3 is 1. The van der Waals surface area contributed by atoms with Crippen LogP contribution in [0, 0.1) is 5.92 Å². The first-order valence-electron chi connectivity index (χ1n) is 7.26. The quantitative estimate of drug-likeness (QED) is 0.845. The van der Waals surface area contributed by atoms with E-state index in [0.717, 1.165) is 31.2 Å². The zero-order chi connectivity index (χ0) is 14.7. The number of carbonyl (C=O) groups is 1. The summed E-state index contributed by atoms with van der Waals surface area (Å²) >= 11 is 0. The van der Waals surface area contributed by atoms with Gasteiger partial charge in [-0.2, -0.15) is 4.98 Å². The molecule has 2 aromatic rings. The number of para-hydroxylation sites is 1. The summed E-state index contributed by atoms with van der Waals surface area (Å²) in [6.07, 6.45) is 4.50. The van der Waals surface area contributed by atoms with Crippen LogP contribution in [0.5, 0.6) is 5.75 Å². The van der Waals surface area contributed by atoms with Crippen molar-refractivity contribution in [1.82, 2.24) is 10.1 Å². The molecule has 1 aliphatic carbocycles. The van der Waals surface area contributed by atoms with Gasteiger partial charge in [0.1, 0.15) is 11.5 Å². The Morgan fingerprint density at radius 3 is 2.86 bits per heavy atom. The van der Waals surface area contributed by atoms with Crippen LogP contribution in [0.15, 0.2) is 28.8 Å². The number of ketones is 1. The summed E-state index contributed by atoms with van der Waals surface area (Å²) in [5.41, 5.74) is 0.767. The lowest BCUT2D eigenvalue weighted by Gasteiger charge is -2.04. The van der Waals surface area contributed by atoms with E-state index in [0.29, 0.717) is 17.5 Å². The fraction of sp³-hybridized carbons (Fsp3) is 0.438. The molecule has 1 fully saturated rings. The Balaban J connectivity index is 1.75. The van der Waals surface area contributed by atoms with Crippen molar-refractivity contribution in [3.8, 4) is 17.1 Å². The molecule has 1 saturated carbocycles. The predicted octanol–water partition coefficient (Wildman–Crippen LogP) is 3.05. The molecule has 0 amide bonds. The third-order valence-corrected chi connectivity index (χ3v) is 3.95. The van der Waals surface area contributed by atoms with E-state index < -0.39 is 0 Å². The zero-order valence-corrected chi connectivity index (χ0v) is 12.0. The van der Waals surface area contributed by atoms with Crippen LogP contribution in [0.25, 0.3) is 11.4 Å². The minimum Gasteiger partial charge on any atom is -0.496 e. The highest BCUT2D eigenvalue weighted by molar-refractivity contribution is 5.82. The van der Waals surface area contributed by atoms with Crippen molar-refractivity contribution in [2.24, 2.45) is 5.92 Å². The van der Waals surface area contributed by atoms with Crippen molar-refractivity contribution in [2.45, 2.75) is 32.1 Å². The largest absolute Gasteiger partial charge is 0.496 e. The Morgan fingerprint density at radius 1 is 1.33 bits per heavy atom. The standard InChI is InChI=1S/C16H18N2O3/c1-20-14-9-5-4-8-12(14)16-17-15(21-18-16)10-13(19)11-6-2-3-7-11/h4-5,8-9,11H,2-3,6-7,10H2,1H3. The second-order valence-electron chi connectivity index (χ2n) is 5.34. The summed E-state index contributed by atoms with van der Waals surface area (Å²) in [5, 5.41) is 3.96. The summed E-state index contributed by atoms with van der Waals surface area (Å²) in [7, 11) is 1.60. The highest BCUT2D eigenvalue weighted by Crippen LogP contribution is 2.28. The number of ether oxygens (including phenoxy) is 1. The van der Waals surface area contributed by atoms with E-state index >= 15 is 0 Å².